The number of carbonyl (C=O) groups excluding carboxylic acids is 2. The number of carbonyl (C=O) groups is 2. The highest BCUT2D eigenvalue weighted by molar-refractivity contribution is 6.33. The van der Waals surface area contributed by atoms with E-state index in [0.717, 1.165) is 11.1 Å². The molecule has 4 rings (SSSR count). The molecule has 1 aliphatic carbocycles. The van der Waals surface area contributed by atoms with Crippen molar-refractivity contribution in [3.63, 3.8) is 0 Å². The highest BCUT2D eigenvalue weighted by atomic mass is 35.5. The van der Waals surface area contributed by atoms with Crippen LogP contribution in [0.15, 0.2) is 42.5 Å². The number of amides is 1. The fourth-order valence-corrected chi connectivity index (χ4v) is 4.82. The molecular formula is C23H20Cl2F3NO3. The summed E-state index contributed by atoms with van der Waals surface area (Å²) in [5.41, 5.74) is 0.954. The van der Waals surface area contributed by atoms with Gasteiger partial charge in [0, 0.05) is 10.0 Å². The Bertz CT molecular complexity index is 1030. The summed E-state index contributed by atoms with van der Waals surface area (Å²) >= 11 is 12.3. The average Bonchev–Trinajstić information content (AvgIpc) is 2.97. The molecule has 1 heterocycles. The lowest BCUT2D eigenvalue weighted by molar-refractivity contribution is -0.189. The van der Waals surface area contributed by atoms with E-state index in [1.165, 1.54) is 0 Å². The van der Waals surface area contributed by atoms with Crippen LogP contribution in [-0.4, -0.2) is 36.1 Å². The van der Waals surface area contributed by atoms with Crippen molar-refractivity contribution < 1.29 is 27.5 Å². The minimum absolute atomic E-state index is 0.227. The van der Waals surface area contributed by atoms with Crippen LogP contribution in [0.1, 0.15) is 37.2 Å². The highest BCUT2D eigenvalue weighted by Gasteiger charge is 2.54. The lowest BCUT2D eigenvalue weighted by Crippen LogP contribution is -2.50. The van der Waals surface area contributed by atoms with Crippen molar-refractivity contribution in [2.75, 3.05) is 6.61 Å². The van der Waals surface area contributed by atoms with E-state index in [0.29, 0.717) is 15.6 Å². The molecule has 9 heteroatoms. The molecule has 2 aliphatic rings. The summed E-state index contributed by atoms with van der Waals surface area (Å²) in [5.74, 6) is -1.81. The number of rotatable bonds is 4. The molecule has 1 saturated carbocycles. The van der Waals surface area contributed by atoms with Crippen molar-refractivity contribution in [1.29, 1.82) is 0 Å². The molecule has 0 radical (unpaired) electrons. The fraction of sp³-hybridized carbons (Fsp3) is 0.391. The molecule has 1 unspecified atom stereocenters. The van der Waals surface area contributed by atoms with Crippen LogP contribution in [-0.2, 0) is 14.3 Å². The minimum atomic E-state index is -4.40. The van der Waals surface area contributed by atoms with Crippen molar-refractivity contribution in [3.8, 4) is 11.1 Å². The number of ketones is 1. The monoisotopic (exact) mass is 485 g/mol. The number of hydrogen-bond acceptors (Lipinski definition) is 3. The zero-order chi connectivity index (χ0) is 23.1. The first-order chi connectivity index (χ1) is 15.1. The van der Waals surface area contributed by atoms with Gasteiger partial charge >= 0.3 is 6.18 Å². The van der Waals surface area contributed by atoms with Gasteiger partial charge in [-0.2, -0.15) is 13.2 Å². The van der Waals surface area contributed by atoms with Crippen molar-refractivity contribution in [2.45, 2.75) is 49.4 Å². The minimum Gasteiger partial charge on any atom is -0.369 e. The Morgan fingerprint density at radius 1 is 1.00 bits per heavy atom. The molecule has 1 aliphatic heterocycles. The topological polar surface area (TPSA) is 55.4 Å². The average molecular weight is 486 g/mol. The third kappa shape index (κ3) is 4.65. The highest BCUT2D eigenvalue weighted by Crippen LogP contribution is 2.42. The Morgan fingerprint density at radius 3 is 2.25 bits per heavy atom. The molecule has 32 heavy (non-hydrogen) atoms. The third-order valence-electron chi connectivity index (χ3n) is 6.11. The molecule has 1 saturated heterocycles. The van der Waals surface area contributed by atoms with E-state index in [-0.39, 0.29) is 31.5 Å². The maximum atomic E-state index is 13.4. The van der Waals surface area contributed by atoms with E-state index >= 15 is 0 Å². The fourth-order valence-electron chi connectivity index (χ4n) is 4.47. The molecule has 2 aromatic rings. The molecule has 170 valence electrons. The lowest BCUT2D eigenvalue weighted by atomic mass is 9.76. The standard InChI is InChI=1S/C23H20Cl2F3NO3/c24-15-4-1-13(2-5-15)14-3-6-18(25)17(11-14)19-20(30)22(29-21(19)31)9-7-16(8-10-22)32-12-23(26,27)28/h1-6,11,16,19H,7-10,12H2,(H,29,31). The zero-order valence-corrected chi connectivity index (χ0v) is 18.4. The van der Waals surface area contributed by atoms with E-state index in [4.69, 9.17) is 27.9 Å². The number of hydrogen-bond donors (Lipinski definition) is 1. The number of alkyl halides is 3. The van der Waals surface area contributed by atoms with Gasteiger partial charge in [0.15, 0.2) is 5.78 Å². The molecular weight excluding hydrogens is 466 g/mol. The predicted octanol–water partition coefficient (Wildman–Crippen LogP) is 5.70. The number of Topliss-reactive ketones (excluding diaryl/α,β-unsaturated/α-hetero) is 1. The van der Waals surface area contributed by atoms with Crippen LogP contribution >= 0.6 is 23.2 Å². The second-order valence-corrected chi connectivity index (χ2v) is 9.08. The van der Waals surface area contributed by atoms with Crippen LogP contribution in [0, 0.1) is 0 Å². The van der Waals surface area contributed by atoms with Gasteiger partial charge < -0.3 is 10.1 Å². The molecule has 2 aromatic carbocycles. The van der Waals surface area contributed by atoms with Gasteiger partial charge in [0.2, 0.25) is 5.91 Å². The van der Waals surface area contributed by atoms with Crippen molar-refractivity contribution in [2.24, 2.45) is 0 Å². The van der Waals surface area contributed by atoms with Gasteiger partial charge in [0.1, 0.15) is 12.5 Å². The van der Waals surface area contributed by atoms with Gasteiger partial charge in [-0.25, -0.2) is 0 Å². The smallest absolute Gasteiger partial charge is 0.369 e. The molecule has 1 spiro atoms. The predicted molar refractivity (Wildman–Crippen MR) is 115 cm³/mol. The van der Waals surface area contributed by atoms with Crippen LogP contribution < -0.4 is 5.32 Å². The first kappa shape index (κ1) is 23.1. The number of benzene rings is 2. The van der Waals surface area contributed by atoms with Crippen molar-refractivity contribution in [3.05, 3.63) is 58.1 Å². The Hall–Kier alpha value is -2.09. The second kappa shape index (κ2) is 8.69. The number of halogens is 5. The summed E-state index contributed by atoms with van der Waals surface area (Å²) < 4.78 is 42.2. The van der Waals surface area contributed by atoms with E-state index in [2.05, 4.69) is 5.32 Å². The van der Waals surface area contributed by atoms with Crippen LogP contribution in [0.25, 0.3) is 11.1 Å². The Balaban J connectivity index is 1.54. The zero-order valence-electron chi connectivity index (χ0n) is 16.8. The van der Waals surface area contributed by atoms with E-state index in [1.54, 1.807) is 30.3 Å². The van der Waals surface area contributed by atoms with Gasteiger partial charge in [0.05, 0.1) is 11.6 Å². The maximum Gasteiger partial charge on any atom is 0.411 e. The van der Waals surface area contributed by atoms with E-state index in [1.807, 2.05) is 12.1 Å². The summed E-state index contributed by atoms with van der Waals surface area (Å²) in [5, 5.41) is 3.70. The Labute approximate surface area is 193 Å². The van der Waals surface area contributed by atoms with Crippen LogP contribution in [0.3, 0.4) is 0 Å². The van der Waals surface area contributed by atoms with Crippen LogP contribution in [0.2, 0.25) is 10.0 Å². The summed E-state index contributed by atoms with van der Waals surface area (Å²) in [6, 6.07) is 12.3. The SMILES string of the molecule is O=C1NC2(CCC(OCC(F)(F)F)CC2)C(=O)C1c1cc(-c2ccc(Cl)cc2)ccc1Cl. The maximum absolute atomic E-state index is 13.4. The van der Waals surface area contributed by atoms with Gasteiger partial charge in [-0.1, -0.05) is 41.4 Å². The Kier molecular flexibility index (Phi) is 6.27. The van der Waals surface area contributed by atoms with Crippen molar-refractivity contribution >= 4 is 34.9 Å². The molecule has 4 nitrogen and oxygen atoms in total. The van der Waals surface area contributed by atoms with E-state index in [9.17, 15) is 22.8 Å². The Morgan fingerprint density at radius 2 is 1.62 bits per heavy atom. The molecule has 0 aromatic heterocycles. The summed E-state index contributed by atoms with van der Waals surface area (Å²) in [6.45, 7) is -1.32. The van der Waals surface area contributed by atoms with Gasteiger partial charge in [-0.15, -0.1) is 0 Å². The summed E-state index contributed by atoms with van der Waals surface area (Å²) in [7, 11) is 0. The summed E-state index contributed by atoms with van der Waals surface area (Å²) in [4.78, 5) is 26.2. The molecule has 0 bridgehead atoms. The van der Waals surface area contributed by atoms with E-state index < -0.39 is 36.3 Å². The third-order valence-corrected chi connectivity index (χ3v) is 6.71. The second-order valence-electron chi connectivity index (χ2n) is 8.24. The van der Waals surface area contributed by atoms with Gasteiger partial charge in [-0.05, 0) is 66.6 Å². The first-order valence-electron chi connectivity index (χ1n) is 10.2. The normalized spacial score (nSPS) is 25.9. The van der Waals surface area contributed by atoms with Crippen LogP contribution in [0.5, 0.6) is 0 Å². The number of ether oxygens (including phenoxy) is 1. The molecule has 2 fully saturated rings. The lowest BCUT2D eigenvalue weighted by Gasteiger charge is -2.35. The molecule has 1 N–H and O–H groups in total. The largest absolute Gasteiger partial charge is 0.411 e. The molecule has 1 amide bonds. The quantitative estimate of drug-likeness (QED) is 0.564. The number of nitrogens with one attached hydrogen (secondary N) is 1. The molecule has 1 atom stereocenters. The van der Waals surface area contributed by atoms with Crippen LogP contribution in [0.4, 0.5) is 13.2 Å². The summed E-state index contributed by atoms with van der Waals surface area (Å²) in [6.07, 6.45) is -4.02. The first-order valence-corrected chi connectivity index (χ1v) is 10.9. The van der Waals surface area contributed by atoms with Gasteiger partial charge in [0.25, 0.3) is 0 Å². The van der Waals surface area contributed by atoms with Crippen molar-refractivity contribution in [1.82, 2.24) is 5.32 Å². The van der Waals surface area contributed by atoms with Gasteiger partial charge in [-0.3, -0.25) is 9.59 Å².